The molecule has 0 aromatic heterocycles. The van der Waals surface area contributed by atoms with E-state index in [0.717, 1.165) is 0 Å². The molecule has 0 aromatic carbocycles. The fourth-order valence-electron chi connectivity index (χ4n) is 0.0518. The van der Waals surface area contributed by atoms with Crippen molar-refractivity contribution in [2.75, 3.05) is 0 Å². The maximum atomic E-state index is 10.6. The van der Waals surface area contributed by atoms with E-state index in [1.54, 1.807) is 0 Å². The lowest BCUT2D eigenvalue weighted by Gasteiger charge is -2.02. The Balaban J connectivity index is 3.15. The van der Waals surface area contributed by atoms with Gasteiger partial charge < -0.3 is 14.4 Å². The summed E-state index contributed by atoms with van der Waals surface area (Å²) in [6, 6.07) is 0. The maximum Gasteiger partial charge on any atom is 0.690 e. The molecule has 5 nitrogen and oxygen atoms in total. The van der Waals surface area contributed by atoms with Crippen LogP contribution < -0.4 is 5.70 Å². The summed E-state index contributed by atoms with van der Waals surface area (Å²) in [5.41, 5.74) is 0.419. The summed E-state index contributed by atoms with van der Waals surface area (Å²) in [5.74, 6) is 0. The highest BCUT2D eigenvalue weighted by Crippen LogP contribution is 1.81. The van der Waals surface area contributed by atoms with Crippen molar-refractivity contribution in [3.05, 3.63) is 0 Å². The lowest BCUT2D eigenvalue weighted by molar-refractivity contribution is -0.0562. The molecule has 0 saturated carbocycles. The molecular weight excluding hydrogens is 125 g/mol. The van der Waals surface area contributed by atoms with Crippen LogP contribution in [0.4, 0.5) is 4.48 Å². The molecule has 0 aliphatic heterocycles. The Labute approximate surface area is 39.3 Å². The molecule has 0 spiro atoms. The van der Waals surface area contributed by atoms with E-state index < -0.39 is 9.05 Å². The first-order valence-corrected chi connectivity index (χ1v) is 3.02. The fraction of sp³-hybridized carbons (Fsp3) is 0. The molecule has 44 valence electrons. The first-order chi connectivity index (χ1) is 3.06. The van der Waals surface area contributed by atoms with Gasteiger partial charge in [-0.2, -0.15) is 0 Å². The molecule has 0 heterocycles. The van der Waals surface area contributed by atoms with Crippen molar-refractivity contribution in [2.24, 2.45) is 0 Å². The molecule has 7 heavy (non-hydrogen) atoms. The van der Waals surface area contributed by atoms with Gasteiger partial charge in [-0.15, -0.1) is 4.48 Å². The average molecular weight is 129 g/mol. The second-order valence-corrected chi connectivity index (χ2v) is 2.10. The Hall–Kier alpha value is -0.0531. The second kappa shape index (κ2) is 2.30. The van der Waals surface area contributed by atoms with Crippen molar-refractivity contribution in [3.63, 3.8) is 0 Å². The van der Waals surface area contributed by atoms with E-state index in [-0.39, 0.29) is 0 Å². The summed E-state index contributed by atoms with van der Waals surface area (Å²) in [4.78, 5) is 23.2. The summed E-state index contributed by atoms with van der Waals surface area (Å²) in [6.07, 6.45) is 0. The Kier molecular flexibility index (Phi) is 2.29. The average Bonchev–Trinajstić information content (AvgIpc) is 1.30. The minimum atomic E-state index is -4.64. The molecule has 0 saturated heterocycles. The van der Waals surface area contributed by atoms with Crippen LogP contribution in [0, 0.1) is 0 Å². The highest BCUT2D eigenvalue weighted by molar-refractivity contribution is 6.48. The number of rotatable bonds is 2. The minimum Gasteiger partial charge on any atom is -0.367 e. The predicted molar refractivity (Wildman–Crippen MR) is 17.7 cm³/mol. The Morgan fingerprint density at radius 2 is 1.86 bits per heavy atom. The number of nitrogens with one attached hydrogen (secondary N) is 1. The zero-order valence-electron chi connectivity index (χ0n) is 3.13. The van der Waals surface area contributed by atoms with Gasteiger partial charge in [0.2, 0.25) is 0 Å². The molecule has 0 aliphatic rings. The molecule has 4 N–H and O–H groups in total. The third-order valence-corrected chi connectivity index (χ3v) is 0.527. The largest absolute Gasteiger partial charge is 0.690 e. The van der Waals surface area contributed by atoms with Crippen LogP contribution in [0.25, 0.3) is 0 Å². The quantitative estimate of drug-likeness (QED) is 0.193. The highest BCUT2D eigenvalue weighted by atomic mass is 28.4. The Morgan fingerprint density at radius 1 is 1.43 bits per heavy atom. The van der Waals surface area contributed by atoms with Crippen molar-refractivity contribution in [1.82, 2.24) is 5.70 Å². The van der Waals surface area contributed by atoms with Gasteiger partial charge in [-0.05, 0) is 5.70 Å². The first-order valence-electron chi connectivity index (χ1n) is 1.27. The first kappa shape index (κ1) is 6.95. The molecule has 0 unspecified atom stereocenters. The summed E-state index contributed by atoms with van der Waals surface area (Å²) in [6.45, 7) is 0. The summed E-state index contributed by atoms with van der Waals surface area (Å²) in [5, 5.41) is 0. The SMILES string of the molecule is O[Si](O)(O)ONF. The summed E-state index contributed by atoms with van der Waals surface area (Å²) in [7, 11) is -4.64. The smallest absolute Gasteiger partial charge is 0.367 e. The molecule has 0 aliphatic carbocycles. The monoisotopic (exact) mass is 129 g/mol. The Bertz CT molecular complexity index is 50.1. The lowest BCUT2D eigenvalue weighted by atomic mass is 13.4. The van der Waals surface area contributed by atoms with Crippen LogP contribution in [0.2, 0.25) is 0 Å². The van der Waals surface area contributed by atoms with E-state index in [1.807, 2.05) is 0 Å². The number of hydrogen-bond donors (Lipinski definition) is 4. The number of halogens is 1. The zero-order valence-corrected chi connectivity index (χ0v) is 4.13. The van der Waals surface area contributed by atoms with Gasteiger partial charge in [0.15, 0.2) is 0 Å². The van der Waals surface area contributed by atoms with Crippen LogP contribution in [0.1, 0.15) is 0 Å². The van der Waals surface area contributed by atoms with Crippen molar-refractivity contribution in [3.8, 4) is 0 Å². The van der Waals surface area contributed by atoms with Gasteiger partial charge in [0.05, 0.1) is 0 Å². The molecule has 0 atom stereocenters. The topological polar surface area (TPSA) is 82.0 Å². The van der Waals surface area contributed by atoms with Crippen LogP contribution >= 0.6 is 0 Å². The molecule has 0 rings (SSSR count). The third-order valence-electron chi connectivity index (χ3n) is 0.176. The molecular formula is H4FNO4Si. The molecule has 0 fully saturated rings. The van der Waals surface area contributed by atoms with Gasteiger partial charge in [0, 0.05) is 0 Å². The van der Waals surface area contributed by atoms with Crippen molar-refractivity contribution in [1.29, 1.82) is 0 Å². The van der Waals surface area contributed by atoms with E-state index in [2.05, 4.69) is 4.53 Å². The van der Waals surface area contributed by atoms with Gasteiger partial charge in [-0.1, -0.05) is 0 Å². The van der Waals surface area contributed by atoms with Crippen LogP contribution in [-0.4, -0.2) is 23.4 Å². The lowest BCUT2D eigenvalue weighted by Crippen LogP contribution is -2.41. The maximum absolute atomic E-state index is 10.6. The van der Waals surface area contributed by atoms with Gasteiger partial charge in [-0.3, -0.25) is 0 Å². The third kappa shape index (κ3) is 5.95. The van der Waals surface area contributed by atoms with Gasteiger partial charge in [-0.25, -0.2) is 4.53 Å². The highest BCUT2D eigenvalue weighted by Gasteiger charge is 2.31. The predicted octanol–water partition coefficient (Wildman–Crippen LogP) is -2.20. The number of hydrogen-bond acceptors (Lipinski definition) is 5. The zero-order chi connectivity index (χ0) is 5.91. The van der Waals surface area contributed by atoms with E-state index >= 15 is 0 Å². The van der Waals surface area contributed by atoms with Crippen LogP contribution in [0.3, 0.4) is 0 Å². The standard InChI is InChI=1S/FH4NO4Si/c1-2-6-7(3,4)5/h2-5H. The Morgan fingerprint density at radius 3 is 1.86 bits per heavy atom. The van der Waals surface area contributed by atoms with E-state index in [1.165, 1.54) is 0 Å². The van der Waals surface area contributed by atoms with Crippen LogP contribution in [-0.2, 0) is 4.53 Å². The van der Waals surface area contributed by atoms with E-state index in [0.29, 0.717) is 5.70 Å². The van der Waals surface area contributed by atoms with E-state index in [9.17, 15) is 4.48 Å². The summed E-state index contributed by atoms with van der Waals surface area (Å²) >= 11 is 0. The van der Waals surface area contributed by atoms with Gasteiger partial charge in [0.1, 0.15) is 0 Å². The molecule has 0 bridgehead atoms. The normalized spacial score (nSPS) is 12.0. The second-order valence-electron chi connectivity index (χ2n) is 0.753. The van der Waals surface area contributed by atoms with Gasteiger partial charge >= 0.3 is 9.05 Å². The fourth-order valence-corrected chi connectivity index (χ4v) is 0.155. The molecule has 0 aromatic rings. The van der Waals surface area contributed by atoms with Crippen molar-refractivity contribution >= 4 is 9.05 Å². The van der Waals surface area contributed by atoms with Crippen molar-refractivity contribution in [2.45, 2.75) is 0 Å². The molecule has 7 heteroatoms. The summed E-state index contributed by atoms with van der Waals surface area (Å²) < 4.78 is 13.7. The van der Waals surface area contributed by atoms with Crippen molar-refractivity contribution < 1.29 is 23.4 Å². The molecule has 0 amide bonds. The van der Waals surface area contributed by atoms with Crippen LogP contribution in [0.15, 0.2) is 0 Å². The minimum absolute atomic E-state index is 0.419. The molecule has 0 radical (unpaired) electrons. The van der Waals surface area contributed by atoms with Crippen LogP contribution in [0.5, 0.6) is 0 Å². The van der Waals surface area contributed by atoms with E-state index in [4.69, 9.17) is 14.4 Å². The van der Waals surface area contributed by atoms with Gasteiger partial charge in [0.25, 0.3) is 0 Å².